The summed E-state index contributed by atoms with van der Waals surface area (Å²) in [6.45, 7) is 3.82. The van der Waals surface area contributed by atoms with Gasteiger partial charge in [0, 0.05) is 6.54 Å². The number of nitrogens with one attached hydrogen (secondary N) is 3. The van der Waals surface area contributed by atoms with Crippen molar-refractivity contribution in [2.45, 2.75) is 25.3 Å². The second-order valence-corrected chi connectivity index (χ2v) is 7.49. The minimum Gasteiger partial charge on any atom is -0.497 e. The Morgan fingerprint density at radius 2 is 1.70 bits per heavy atom. The zero-order valence-corrected chi connectivity index (χ0v) is 16.0. The van der Waals surface area contributed by atoms with Crippen LogP contribution in [0.1, 0.15) is 17.0 Å². The third-order valence-electron chi connectivity index (χ3n) is 3.87. The van der Waals surface area contributed by atoms with Crippen molar-refractivity contribution in [2.75, 3.05) is 17.1 Å². The normalized spacial score (nSPS) is 11.2. The summed E-state index contributed by atoms with van der Waals surface area (Å²) in [4.78, 5) is 0.117. The summed E-state index contributed by atoms with van der Waals surface area (Å²) in [5.74, 6) is 1.45. The van der Waals surface area contributed by atoms with Gasteiger partial charge in [0.05, 0.1) is 18.5 Å². The van der Waals surface area contributed by atoms with Crippen LogP contribution in [0.3, 0.4) is 0 Å². The molecule has 1 aromatic carbocycles. The molecule has 0 spiro atoms. The molecule has 9 nitrogen and oxygen atoms in total. The first-order valence-electron chi connectivity index (χ1n) is 8.14. The van der Waals surface area contributed by atoms with Crippen LogP contribution in [-0.4, -0.2) is 35.9 Å². The number of ether oxygens (including phenoxy) is 1. The van der Waals surface area contributed by atoms with Crippen LogP contribution in [0.5, 0.6) is 5.75 Å². The van der Waals surface area contributed by atoms with E-state index in [1.165, 1.54) is 0 Å². The van der Waals surface area contributed by atoms with Crippen molar-refractivity contribution in [3.63, 3.8) is 0 Å². The van der Waals surface area contributed by atoms with Crippen LogP contribution in [-0.2, 0) is 16.6 Å². The van der Waals surface area contributed by atoms with Crippen molar-refractivity contribution in [1.29, 1.82) is 0 Å². The standard InChI is InChI=1S/C17H20N6O3S/c1-11-17(12(2)20-19-11)27(24,25)23-16-9-8-15(21-22-16)18-10-13-4-6-14(26-3)7-5-13/h4-9H,10H2,1-3H3,(H,18,21)(H,19,20)(H,22,23). The summed E-state index contributed by atoms with van der Waals surface area (Å²) >= 11 is 0. The molecule has 0 amide bonds. The van der Waals surface area contributed by atoms with E-state index in [2.05, 4.69) is 30.4 Å². The zero-order chi connectivity index (χ0) is 19.4. The van der Waals surface area contributed by atoms with Crippen LogP contribution in [0.2, 0.25) is 0 Å². The third-order valence-corrected chi connectivity index (χ3v) is 5.48. The Balaban J connectivity index is 1.64. The van der Waals surface area contributed by atoms with Crippen LogP contribution in [0.4, 0.5) is 11.6 Å². The molecular weight excluding hydrogens is 368 g/mol. The topological polar surface area (TPSA) is 122 Å². The Labute approximate surface area is 157 Å². The molecule has 3 N–H and O–H groups in total. The van der Waals surface area contributed by atoms with E-state index in [1.807, 2.05) is 24.3 Å². The molecule has 0 aliphatic rings. The van der Waals surface area contributed by atoms with Gasteiger partial charge >= 0.3 is 0 Å². The van der Waals surface area contributed by atoms with Crippen LogP contribution in [0, 0.1) is 13.8 Å². The quantitative estimate of drug-likeness (QED) is 0.567. The fourth-order valence-corrected chi connectivity index (χ4v) is 3.91. The van der Waals surface area contributed by atoms with Gasteiger partial charge in [0.2, 0.25) is 0 Å². The van der Waals surface area contributed by atoms with E-state index < -0.39 is 10.0 Å². The third kappa shape index (κ3) is 4.34. The average Bonchev–Trinajstić information content (AvgIpc) is 3.00. The van der Waals surface area contributed by atoms with E-state index in [-0.39, 0.29) is 10.7 Å². The molecule has 142 valence electrons. The van der Waals surface area contributed by atoms with Crippen LogP contribution in [0.25, 0.3) is 0 Å². The summed E-state index contributed by atoms with van der Waals surface area (Å²) in [6.07, 6.45) is 0. The highest BCUT2D eigenvalue weighted by molar-refractivity contribution is 7.92. The maximum absolute atomic E-state index is 12.5. The lowest BCUT2D eigenvalue weighted by atomic mass is 10.2. The molecule has 0 saturated carbocycles. The predicted molar refractivity (Wildman–Crippen MR) is 101 cm³/mol. The lowest BCUT2D eigenvalue weighted by Gasteiger charge is -2.09. The van der Waals surface area contributed by atoms with Gasteiger partial charge < -0.3 is 10.1 Å². The van der Waals surface area contributed by atoms with Crippen molar-refractivity contribution in [1.82, 2.24) is 20.4 Å². The molecule has 0 saturated heterocycles. The molecule has 0 fully saturated rings. The van der Waals surface area contributed by atoms with E-state index in [9.17, 15) is 8.42 Å². The molecule has 0 bridgehead atoms. The molecule has 27 heavy (non-hydrogen) atoms. The van der Waals surface area contributed by atoms with Crippen molar-refractivity contribution < 1.29 is 13.2 Å². The molecule has 2 aromatic heterocycles. The van der Waals surface area contributed by atoms with Gasteiger partial charge in [-0.15, -0.1) is 10.2 Å². The summed E-state index contributed by atoms with van der Waals surface area (Å²) in [7, 11) is -2.17. The van der Waals surface area contributed by atoms with Crippen LogP contribution in [0.15, 0.2) is 41.3 Å². The highest BCUT2D eigenvalue weighted by Gasteiger charge is 2.22. The smallest absolute Gasteiger partial charge is 0.266 e. The second kappa shape index (κ2) is 7.62. The minimum atomic E-state index is -3.78. The Bertz CT molecular complexity index is 994. The van der Waals surface area contributed by atoms with E-state index in [0.29, 0.717) is 23.8 Å². The molecule has 3 rings (SSSR count). The van der Waals surface area contributed by atoms with Crippen molar-refractivity contribution in [3.8, 4) is 5.75 Å². The van der Waals surface area contributed by atoms with Gasteiger partial charge in [-0.05, 0) is 43.7 Å². The summed E-state index contributed by atoms with van der Waals surface area (Å²) in [6, 6.07) is 10.8. The summed E-state index contributed by atoms with van der Waals surface area (Å²) < 4.78 is 32.5. The van der Waals surface area contributed by atoms with Gasteiger partial charge in [-0.3, -0.25) is 9.82 Å². The number of aromatic amines is 1. The molecule has 3 aromatic rings. The van der Waals surface area contributed by atoms with Crippen LogP contribution < -0.4 is 14.8 Å². The molecule has 2 heterocycles. The number of rotatable bonds is 7. The van der Waals surface area contributed by atoms with E-state index in [0.717, 1.165) is 11.3 Å². The highest BCUT2D eigenvalue weighted by Crippen LogP contribution is 2.20. The van der Waals surface area contributed by atoms with Gasteiger partial charge in [-0.25, -0.2) is 8.42 Å². The second-order valence-electron chi connectivity index (χ2n) is 5.87. The van der Waals surface area contributed by atoms with Gasteiger partial charge in [0.25, 0.3) is 10.0 Å². The van der Waals surface area contributed by atoms with E-state index >= 15 is 0 Å². The monoisotopic (exact) mass is 388 g/mol. The average molecular weight is 388 g/mol. The van der Waals surface area contributed by atoms with Crippen molar-refractivity contribution in [3.05, 3.63) is 53.3 Å². The number of anilines is 2. The molecule has 0 radical (unpaired) electrons. The first-order valence-corrected chi connectivity index (χ1v) is 9.62. The minimum absolute atomic E-state index is 0.117. The van der Waals surface area contributed by atoms with Gasteiger partial charge in [0.1, 0.15) is 16.5 Å². The van der Waals surface area contributed by atoms with Crippen molar-refractivity contribution in [2.24, 2.45) is 0 Å². The number of hydrogen-bond donors (Lipinski definition) is 3. The maximum Gasteiger partial charge on any atom is 0.266 e. The van der Waals surface area contributed by atoms with E-state index in [4.69, 9.17) is 4.74 Å². The number of hydrogen-bond acceptors (Lipinski definition) is 7. The van der Waals surface area contributed by atoms with Gasteiger partial charge in [-0.2, -0.15) is 5.10 Å². The van der Waals surface area contributed by atoms with Crippen LogP contribution >= 0.6 is 0 Å². The molecular formula is C17H20N6O3S. The predicted octanol–water partition coefficient (Wildman–Crippen LogP) is 2.24. The number of aromatic nitrogens is 4. The van der Waals surface area contributed by atoms with Gasteiger partial charge in [0.15, 0.2) is 5.82 Å². The van der Waals surface area contributed by atoms with Gasteiger partial charge in [-0.1, -0.05) is 12.1 Å². The molecule has 0 aliphatic heterocycles. The Hall–Kier alpha value is -3.14. The lowest BCUT2D eigenvalue weighted by molar-refractivity contribution is 0.414. The fourth-order valence-electron chi connectivity index (χ4n) is 2.54. The number of aryl methyl sites for hydroxylation is 2. The molecule has 0 atom stereocenters. The maximum atomic E-state index is 12.5. The summed E-state index contributed by atoms with van der Waals surface area (Å²) in [5.41, 5.74) is 1.91. The number of benzene rings is 1. The number of sulfonamides is 1. The largest absolute Gasteiger partial charge is 0.497 e. The SMILES string of the molecule is COc1ccc(CNc2ccc(NS(=O)(=O)c3c(C)n[nH]c3C)nn2)cc1. The fraction of sp³-hybridized carbons (Fsp3) is 0.235. The molecule has 0 aliphatic carbocycles. The highest BCUT2D eigenvalue weighted by atomic mass is 32.2. The number of nitrogens with zero attached hydrogens (tertiary/aromatic N) is 3. The first kappa shape index (κ1) is 18.6. The Morgan fingerprint density at radius 3 is 2.26 bits per heavy atom. The first-order chi connectivity index (χ1) is 12.9. The summed E-state index contributed by atoms with van der Waals surface area (Å²) in [5, 5.41) is 17.6. The zero-order valence-electron chi connectivity index (χ0n) is 15.1. The van der Waals surface area contributed by atoms with Crippen molar-refractivity contribution >= 4 is 21.7 Å². The molecule has 10 heteroatoms. The number of H-pyrrole nitrogens is 1. The lowest BCUT2D eigenvalue weighted by Crippen LogP contribution is -2.16. The number of methoxy groups -OCH3 is 1. The Morgan fingerprint density at radius 1 is 1.04 bits per heavy atom. The Kier molecular flexibility index (Phi) is 5.26. The molecule has 0 unspecified atom stereocenters. The van der Waals surface area contributed by atoms with E-state index in [1.54, 1.807) is 33.1 Å².